The largest absolute Gasteiger partial charge is 0.353 e. The summed E-state index contributed by atoms with van der Waals surface area (Å²) < 4.78 is 0. The summed E-state index contributed by atoms with van der Waals surface area (Å²) >= 11 is 12.0. The molecule has 4 unspecified atom stereocenters. The van der Waals surface area contributed by atoms with E-state index in [1.54, 1.807) is 42.5 Å². The van der Waals surface area contributed by atoms with Crippen molar-refractivity contribution in [3.05, 3.63) is 58.1 Å². The first-order chi connectivity index (χ1) is 14.8. The van der Waals surface area contributed by atoms with Gasteiger partial charge < -0.3 is 21.3 Å². The molecule has 2 aliphatic rings. The van der Waals surface area contributed by atoms with Crippen LogP contribution in [0.5, 0.6) is 0 Å². The van der Waals surface area contributed by atoms with Crippen molar-refractivity contribution in [1.29, 1.82) is 0 Å². The first kappa shape index (κ1) is 21.4. The van der Waals surface area contributed by atoms with Gasteiger partial charge in [-0.1, -0.05) is 35.3 Å². The van der Waals surface area contributed by atoms with Crippen LogP contribution in [0.1, 0.15) is 12.0 Å². The van der Waals surface area contributed by atoms with E-state index < -0.39 is 30.2 Å². The summed E-state index contributed by atoms with van der Waals surface area (Å²) in [5.41, 5.74) is 2.06. The van der Waals surface area contributed by atoms with Gasteiger partial charge in [-0.15, -0.1) is 0 Å². The molecule has 2 aromatic rings. The van der Waals surface area contributed by atoms with Crippen LogP contribution in [0.25, 0.3) is 0 Å². The van der Waals surface area contributed by atoms with Gasteiger partial charge in [0.25, 0.3) is 0 Å². The number of fused-ring (bicyclic) bond motifs is 1. The Morgan fingerprint density at radius 1 is 1.06 bits per heavy atom. The molecule has 2 saturated heterocycles. The summed E-state index contributed by atoms with van der Waals surface area (Å²) in [5.74, 6) is -2.67. The Hall–Kier alpha value is -2.81. The van der Waals surface area contributed by atoms with Gasteiger partial charge in [0.2, 0.25) is 17.7 Å². The first-order valence-corrected chi connectivity index (χ1v) is 10.5. The smallest absolute Gasteiger partial charge is 0.229 e. The zero-order valence-corrected chi connectivity index (χ0v) is 18.1. The standard InChI is InChI=1S/C21H21Cl2N5O3/c1-10-5-6-12(23)8-15(10)25-19(30)14-9-16(29)26-18-17(14)20(31)28-21(27-18)24-13-4-2-3-11(22)7-13/h2-8,14,17-18,21,24,27H,9H2,1H3,(H,25,30)(H,26,29)(H,28,31). The number of halogens is 2. The minimum absolute atomic E-state index is 0.0892. The van der Waals surface area contributed by atoms with Gasteiger partial charge in [-0.05, 0) is 42.8 Å². The number of nitrogens with one attached hydrogen (secondary N) is 5. The van der Waals surface area contributed by atoms with Gasteiger partial charge in [0, 0.05) is 27.8 Å². The van der Waals surface area contributed by atoms with Gasteiger partial charge >= 0.3 is 0 Å². The van der Waals surface area contributed by atoms with Crippen LogP contribution in [-0.2, 0) is 14.4 Å². The molecule has 5 N–H and O–H groups in total. The molecule has 3 amide bonds. The number of piperidine rings is 1. The number of benzene rings is 2. The molecule has 0 radical (unpaired) electrons. The number of aryl methyl sites for hydroxylation is 1. The third-order valence-corrected chi connectivity index (χ3v) is 5.85. The SMILES string of the molecule is Cc1ccc(Cl)cc1NC(=O)C1CC(=O)NC2NC(Nc3cccc(Cl)c3)NC(=O)C21. The van der Waals surface area contributed by atoms with Crippen LogP contribution >= 0.6 is 23.2 Å². The summed E-state index contributed by atoms with van der Waals surface area (Å²) in [6.45, 7) is 1.84. The quantitative estimate of drug-likeness (QED) is 0.480. The highest BCUT2D eigenvalue weighted by atomic mass is 35.5. The van der Waals surface area contributed by atoms with Gasteiger partial charge in [0.1, 0.15) is 0 Å². The molecule has 0 aromatic heterocycles. The fraction of sp³-hybridized carbons (Fsp3) is 0.286. The lowest BCUT2D eigenvalue weighted by Crippen LogP contribution is -2.72. The molecule has 2 aliphatic heterocycles. The predicted octanol–water partition coefficient (Wildman–Crippen LogP) is 2.43. The highest BCUT2D eigenvalue weighted by molar-refractivity contribution is 6.31. The van der Waals surface area contributed by atoms with Crippen molar-refractivity contribution in [1.82, 2.24) is 16.0 Å². The Bertz CT molecular complexity index is 1050. The van der Waals surface area contributed by atoms with Crippen molar-refractivity contribution < 1.29 is 14.4 Å². The molecule has 4 rings (SSSR count). The fourth-order valence-corrected chi connectivity index (χ4v) is 4.22. The number of hydrogen-bond donors (Lipinski definition) is 5. The van der Waals surface area contributed by atoms with Crippen LogP contribution in [0, 0.1) is 18.8 Å². The normalized spacial score (nSPS) is 25.1. The molecular formula is C21H21Cl2N5O3. The fourth-order valence-electron chi connectivity index (χ4n) is 3.85. The number of hydrogen-bond acceptors (Lipinski definition) is 5. The van der Waals surface area contributed by atoms with E-state index in [0.717, 1.165) is 5.56 Å². The van der Waals surface area contributed by atoms with Crippen molar-refractivity contribution >= 4 is 52.3 Å². The number of carbonyl (C=O) groups is 3. The molecule has 10 heteroatoms. The average molecular weight is 462 g/mol. The topological polar surface area (TPSA) is 111 Å². The predicted molar refractivity (Wildman–Crippen MR) is 118 cm³/mol. The van der Waals surface area contributed by atoms with E-state index in [-0.39, 0.29) is 18.2 Å². The molecule has 2 heterocycles. The van der Waals surface area contributed by atoms with Crippen LogP contribution in [0.15, 0.2) is 42.5 Å². The molecule has 8 nitrogen and oxygen atoms in total. The molecule has 0 aliphatic carbocycles. The van der Waals surface area contributed by atoms with E-state index in [1.165, 1.54) is 0 Å². The molecule has 4 atom stereocenters. The minimum atomic E-state index is -0.836. The summed E-state index contributed by atoms with van der Waals surface area (Å²) in [4.78, 5) is 38.2. The first-order valence-electron chi connectivity index (χ1n) is 9.75. The zero-order chi connectivity index (χ0) is 22.1. The Morgan fingerprint density at radius 3 is 2.61 bits per heavy atom. The van der Waals surface area contributed by atoms with Crippen LogP contribution in [-0.4, -0.2) is 30.2 Å². The Labute approximate surface area is 189 Å². The molecular weight excluding hydrogens is 441 g/mol. The molecule has 0 spiro atoms. The molecule has 31 heavy (non-hydrogen) atoms. The summed E-state index contributed by atoms with van der Waals surface area (Å²) in [6.07, 6.45) is -1.44. The van der Waals surface area contributed by atoms with Gasteiger partial charge in [0.05, 0.1) is 18.0 Å². The van der Waals surface area contributed by atoms with Gasteiger partial charge in [-0.2, -0.15) is 0 Å². The van der Waals surface area contributed by atoms with E-state index in [2.05, 4.69) is 26.6 Å². The van der Waals surface area contributed by atoms with Crippen molar-refractivity contribution in [2.24, 2.45) is 11.8 Å². The number of rotatable bonds is 4. The van der Waals surface area contributed by atoms with Gasteiger partial charge in [-0.3, -0.25) is 19.7 Å². The van der Waals surface area contributed by atoms with Gasteiger partial charge in [0.15, 0.2) is 6.29 Å². The van der Waals surface area contributed by atoms with E-state index in [4.69, 9.17) is 23.2 Å². The van der Waals surface area contributed by atoms with Crippen molar-refractivity contribution in [2.75, 3.05) is 10.6 Å². The number of amides is 3. The number of carbonyl (C=O) groups excluding carboxylic acids is 3. The minimum Gasteiger partial charge on any atom is -0.353 e. The van der Waals surface area contributed by atoms with Crippen LogP contribution in [0.3, 0.4) is 0 Å². The summed E-state index contributed by atoms with van der Waals surface area (Å²) in [5, 5.41) is 15.7. The molecule has 0 saturated carbocycles. The Balaban J connectivity index is 1.50. The van der Waals surface area contributed by atoms with Crippen LogP contribution in [0.2, 0.25) is 10.0 Å². The summed E-state index contributed by atoms with van der Waals surface area (Å²) in [6, 6.07) is 12.2. The Morgan fingerprint density at radius 2 is 1.84 bits per heavy atom. The van der Waals surface area contributed by atoms with E-state index in [9.17, 15) is 14.4 Å². The average Bonchev–Trinajstić information content (AvgIpc) is 2.69. The maximum Gasteiger partial charge on any atom is 0.229 e. The molecule has 162 valence electrons. The highest BCUT2D eigenvalue weighted by Gasteiger charge is 2.48. The second-order valence-corrected chi connectivity index (χ2v) is 8.47. The molecule has 0 bridgehead atoms. The third-order valence-electron chi connectivity index (χ3n) is 5.38. The lowest BCUT2D eigenvalue weighted by molar-refractivity contribution is -0.144. The third kappa shape index (κ3) is 4.76. The van der Waals surface area contributed by atoms with E-state index in [1.807, 2.05) is 6.92 Å². The second kappa shape index (κ2) is 8.74. The maximum atomic E-state index is 13.0. The Kier molecular flexibility index (Phi) is 6.04. The van der Waals surface area contributed by atoms with E-state index >= 15 is 0 Å². The zero-order valence-electron chi connectivity index (χ0n) is 16.5. The van der Waals surface area contributed by atoms with Crippen LogP contribution < -0.4 is 26.6 Å². The lowest BCUT2D eigenvalue weighted by atomic mass is 9.81. The monoisotopic (exact) mass is 461 g/mol. The van der Waals surface area contributed by atoms with E-state index in [0.29, 0.717) is 21.4 Å². The molecule has 2 aromatic carbocycles. The summed E-state index contributed by atoms with van der Waals surface area (Å²) in [7, 11) is 0. The van der Waals surface area contributed by atoms with Gasteiger partial charge in [-0.25, -0.2) is 0 Å². The maximum absolute atomic E-state index is 13.0. The highest BCUT2D eigenvalue weighted by Crippen LogP contribution is 2.29. The lowest BCUT2D eigenvalue weighted by Gasteiger charge is -2.43. The van der Waals surface area contributed by atoms with Crippen molar-refractivity contribution in [3.8, 4) is 0 Å². The van der Waals surface area contributed by atoms with Crippen molar-refractivity contribution in [2.45, 2.75) is 25.8 Å². The second-order valence-electron chi connectivity index (χ2n) is 7.59. The number of anilines is 2. The molecule has 2 fully saturated rings. The van der Waals surface area contributed by atoms with Crippen molar-refractivity contribution in [3.63, 3.8) is 0 Å². The van der Waals surface area contributed by atoms with Crippen LogP contribution in [0.4, 0.5) is 11.4 Å².